The third kappa shape index (κ3) is 2.34. The number of fused-ring (bicyclic) bond motifs is 1. The number of nitrogen functional groups attached to an aromatic ring is 1. The number of hydrogen-bond donors (Lipinski definition) is 1. The zero-order valence-electron chi connectivity index (χ0n) is 12.2. The van der Waals surface area contributed by atoms with Crippen molar-refractivity contribution in [2.45, 2.75) is 20.8 Å². The number of nitrogens with zero attached hydrogens (tertiary/aromatic N) is 2. The number of hydrogen-bond acceptors (Lipinski definition) is 3. The second kappa shape index (κ2) is 5.01. The minimum atomic E-state index is 0.179. The minimum Gasteiger partial charge on any atom is -0.383 e. The summed E-state index contributed by atoms with van der Waals surface area (Å²) < 4.78 is 0. The van der Waals surface area contributed by atoms with Gasteiger partial charge in [-0.3, -0.25) is 0 Å². The molecule has 0 amide bonds. The highest BCUT2D eigenvalue weighted by Crippen LogP contribution is 2.36. The van der Waals surface area contributed by atoms with Crippen LogP contribution in [0.25, 0.3) is 22.0 Å². The molecule has 3 rings (SSSR count). The average Bonchev–Trinajstić information content (AvgIpc) is 2.40. The number of rotatable bonds is 1. The lowest BCUT2D eigenvalue weighted by Gasteiger charge is -2.15. The first-order valence-corrected chi connectivity index (χ1v) is 7.15. The van der Waals surface area contributed by atoms with Gasteiger partial charge in [0.25, 0.3) is 0 Å². The predicted molar refractivity (Wildman–Crippen MR) is 88.6 cm³/mol. The number of nitrogens with two attached hydrogens (primary N) is 1. The molecule has 21 heavy (non-hydrogen) atoms. The van der Waals surface area contributed by atoms with Gasteiger partial charge in [0.1, 0.15) is 5.82 Å². The van der Waals surface area contributed by atoms with Crippen LogP contribution in [0.4, 0.5) is 5.82 Å². The summed E-state index contributed by atoms with van der Waals surface area (Å²) >= 11 is 5.94. The Morgan fingerprint density at radius 1 is 1.05 bits per heavy atom. The van der Waals surface area contributed by atoms with E-state index in [1.54, 1.807) is 0 Å². The summed E-state index contributed by atoms with van der Waals surface area (Å²) in [6.45, 7) is 6.24. The van der Waals surface area contributed by atoms with Crippen LogP contribution in [0.3, 0.4) is 0 Å². The van der Waals surface area contributed by atoms with Gasteiger partial charge in [-0.25, -0.2) is 9.97 Å². The summed E-state index contributed by atoms with van der Waals surface area (Å²) in [6.07, 6.45) is 0. The molecule has 0 unspecified atom stereocenters. The molecule has 0 saturated carbocycles. The van der Waals surface area contributed by atoms with Gasteiger partial charge in [-0.1, -0.05) is 29.8 Å². The van der Waals surface area contributed by atoms with E-state index >= 15 is 0 Å². The average molecular weight is 298 g/mol. The fourth-order valence-electron chi connectivity index (χ4n) is 2.69. The number of aryl methyl sites for hydroxylation is 2. The highest BCUT2D eigenvalue weighted by Gasteiger charge is 2.15. The SMILES string of the molecule is Cc1cccc(-c2c(C)c(C)cc3nc(Cl)nc(N)c23)c1. The van der Waals surface area contributed by atoms with Crippen LogP contribution in [0.15, 0.2) is 30.3 Å². The van der Waals surface area contributed by atoms with Gasteiger partial charge in [0.05, 0.1) is 10.9 Å². The van der Waals surface area contributed by atoms with Gasteiger partial charge in [0.2, 0.25) is 5.28 Å². The van der Waals surface area contributed by atoms with Crippen LogP contribution in [-0.4, -0.2) is 9.97 Å². The Hall–Kier alpha value is -2.13. The van der Waals surface area contributed by atoms with Crippen LogP contribution >= 0.6 is 11.6 Å². The highest BCUT2D eigenvalue weighted by molar-refractivity contribution is 6.29. The van der Waals surface area contributed by atoms with Crippen LogP contribution in [0, 0.1) is 20.8 Å². The van der Waals surface area contributed by atoms with Crippen molar-refractivity contribution in [1.29, 1.82) is 0 Å². The van der Waals surface area contributed by atoms with E-state index in [1.807, 2.05) is 12.1 Å². The third-order valence-corrected chi connectivity index (χ3v) is 3.98. The van der Waals surface area contributed by atoms with Crippen molar-refractivity contribution in [2.24, 2.45) is 0 Å². The van der Waals surface area contributed by atoms with Gasteiger partial charge in [-0.05, 0) is 60.7 Å². The molecule has 3 nitrogen and oxygen atoms in total. The predicted octanol–water partition coefficient (Wildman–Crippen LogP) is 4.46. The fraction of sp³-hybridized carbons (Fsp3) is 0.176. The van der Waals surface area contributed by atoms with Crippen molar-refractivity contribution in [2.75, 3.05) is 5.73 Å². The van der Waals surface area contributed by atoms with E-state index in [2.05, 4.69) is 48.9 Å². The van der Waals surface area contributed by atoms with Gasteiger partial charge in [0, 0.05) is 0 Å². The van der Waals surface area contributed by atoms with Gasteiger partial charge in [-0.15, -0.1) is 0 Å². The lowest BCUT2D eigenvalue weighted by Crippen LogP contribution is -2.00. The Kier molecular flexibility index (Phi) is 3.30. The van der Waals surface area contributed by atoms with E-state index in [0.29, 0.717) is 5.82 Å². The molecule has 4 heteroatoms. The zero-order valence-corrected chi connectivity index (χ0v) is 13.0. The molecule has 0 aliphatic carbocycles. The number of benzene rings is 2. The molecule has 0 aliphatic rings. The zero-order chi connectivity index (χ0) is 15.1. The molecule has 0 bridgehead atoms. The maximum Gasteiger partial charge on any atom is 0.224 e. The van der Waals surface area contributed by atoms with Crippen molar-refractivity contribution < 1.29 is 0 Å². The van der Waals surface area contributed by atoms with E-state index in [4.69, 9.17) is 17.3 Å². The van der Waals surface area contributed by atoms with E-state index in [1.165, 1.54) is 11.1 Å². The summed E-state index contributed by atoms with van der Waals surface area (Å²) in [5.74, 6) is 0.421. The molecule has 1 heterocycles. The first kappa shape index (κ1) is 13.8. The van der Waals surface area contributed by atoms with E-state index in [9.17, 15) is 0 Å². The van der Waals surface area contributed by atoms with Crippen molar-refractivity contribution in [1.82, 2.24) is 9.97 Å². The molecular weight excluding hydrogens is 282 g/mol. The van der Waals surface area contributed by atoms with E-state index in [-0.39, 0.29) is 5.28 Å². The molecular formula is C17H16ClN3. The molecule has 0 fully saturated rings. The van der Waals surface area contributed by atoms with Crippen LogP contribution in [0.5, 0.6) is 0 Å². The smallest absolute Gasteiger partial charge is 0.224 e. The monoisotopic (exact) mass is 297 g/mol. The van der Waals surface area contributed by atoms with Crippen LogP contribution in [0.2, 0.25) is 5.28 Å². The molecule has 0 spiro atoms. The molecule has 0 saturated heterocycles. The second-order valence-corrected chi connectivity index (χ2v) is 5.67. The fourth-order valence-corrected chi connectivity index (χ4v) is 2.87. The quantitative estimate of drug-likeness (QED) is 0.675. The second-order valence-electron chi connectivity index (χ2n) is 5.33. The Bertz CT molecular complexity index is 856. The van der Waals surface area contributed by atoms with Crippen LogP contribution < -0.4 is 5.73 Å². The third-order valence-electron chi connectivity index (χ3n) is 3.81. The number of anilines is 1. The number of halogens is 1. The van der Waals surface area contributed by atoms with Crippen LogP contribution in [-0.2, 0) is 0 Å². The molecule has 0 aliphatic heterocycles. The lowest BCUT2D eigenvalue weighted by atomic mass is 9.92. The maximum absolute atomic E-state index is 6.12. The molecule has 3 aromatic rings. The summed E-state index contributed by atoms with van der Waals surface area (Å²) in [5.41, 5.74) is 12.7. The summed E-state index contributed by atoms with van der Waals surface area (Å²) in [4.78, 5) is 8.43. The lowest BCUT2D eigenvalue weighted by molar-refractivity contribution is 1.22. The molecule has 1 aromatic heterocycles. The molecule has 2 N–H and O–H groups in total. The standard InChI is InChI=1S/C17H16ClN3/c1-9-5-4-6-12(7-9)14-11(3)10(2)8-13-15(14)16(19)21-17(18)20-13/h4-8H,1-3H3,(H2,19,20,21). The molecule has 2 aromatic carbocycles. The topological polar surface area (TPSA) is 51.8 Å². The van der Waals surface area contributed by atoms with Crippen molar-refractivity contribution in [3.05, 3.63) is 52.3 Å². The van der Waals surface area contributed by atoms with Crippen molar-refractivity contribution in [3.63, 3.8) is 0 Å². The summed E-state index contributed by atoms with van der Waals surface area (Å²) in [6, 6.07) is 10.4. The summed E-state index contributed by atoms with van der Waals surface area (Å²) in [5, 5.41) is 1.05. The van der Waals surface area contributed by atoms with Gasteiger partial charge < -0.3 is 5.73 Å². The first-order chi connectivity index (χ1) is 9.97. The van der Waals surface area contributed by atoms with Crippen LogP contribution in [0.1, 0.15) is 16.7 Å². The Balaban J connectivity index is 2.48. The largest absolute Gasteiger partial charge is 0.383 e. The van der Waals surface area contributed by atoms with Gasteiger partial charge in [0.15, 0.2) is 0 Å². The van der Waals surface area contributed by atoms with Gasteiger partial charge >= 0.3 is 0 Å². The first-order valence-electron chi connectivity index (χ1n) is 6.77. The van der Waals surface area contributed by atoms with E-state index in [0.717, 1.165) is 27.6 Å². The number of aromatic nitrogens is 2. The normalized spacial score (nSPS) is 11.0. The maximum atomic E-state index is 6.12. The van der Waals surface area contributed by atoms with E-state index < -0.39 is 0 Å². The molecule has 0 radical (unpaired) electrons. The molecule has 106 valence electrons. The highest BCUT2D eigenvalue weighted by atomic mass is 35.5. The minimum absolute atomic E-state index is 0.179. The summed E-state index contributed by atoms with van der Waals surface area (Å²) in [7, 11) is 0. The van der Waals surface area contributed by atoms with Crippen molar-refractivity contribution in [3.8, 4) is 11.1 Å². The Morgan fingerprint density at radius 2 is 1.81 bits per heavy atom. The van der Waals surface area contributed by atoms with Crippen molar-refractivity contribution >= 4 is 28.3 Å². The Labute approximate surface area is 128 Å². The molecule has 0 atom stereocenters. The Morgan fingerprint density at radius 3 is 2.52 bits per heavy atom. The van der Waals surface area contributed by atoms with Gasteiger partial charge in [-0.2, -0.15) is 0 Å².